The molecule has 5 aromatic rings. The fraction of sp³-hybridized carbons (Fsp3) is 0.143. The lowest BCUT2D eigenvalue weighted by molar-refractivity contribution is -0.120. The van der Waals surface area contributed by atoms with E-state index in [1.54, 1.807) is 28.8 Å². The fourth-order valence-electron chi connectivity index (χ4n) is 4.58. The van der Waals surface area contributed by atoms with E-state index in [0.29, 0.717) is 12.1 Å². The molecule has 3 heterocycles. The molecule has 0 spiro atoms. The van der Waals surface area contributed by atoms with Crippen LogP contribution >= 0.6 is 22.7 Å². The minimum Gasteiger partial charge on any atom is -0.325 e. The van der Waals surface area contributed by atoms with Crippen LogP contribution in [0, 0.1) is 6.92 Å². The lowest BCUT2D eigenvalue weighted by atomic mass is 9.95. The van der Waals surface area contributed by atoms with Gasteiger partial charge in [-0.3, -0.25) is 4.79 Å². The van der Waals surface area contributed by atoms with Gasteiger partial charge in [0.25, 0.3) is 10.0 Å². The summed E-state index contributed by atoms with van der Waals surface area (Å²) in [5.74, 6) is -0.349. The van der Waals surface area contributed by atoms with Crippen molar-refractivity contribution in [2.24, 2.45) is 0 Å². The maximum absolute atomic E-state index is 13.5. The Hall–Kier alpha value is -3.37. The molecule has 6 nitrogen and oxygen atoms in total. The third-order valence-electron chi connectivity index (χ3n) is 6.51. The van der Waals surface area contributed by atoms with Gasteiger partial charge < -0.3 is 5.32 Å². The topological polar surface area (TPSA) is 79.4 Å². The molecule has 6 rings (SSSR count). The molecule has 1 aliphatic heterocycles. The van der Waals surface area contributed by atoms with Gasteiger partial charge in [0.05, 0.1) is 10.2 Å². The van der Waals surface area contributed by atoms with E-state index in [1.165, 1.54) is 9.87 Å². The molecule has 1 aliphatic rings. The van der Waals surface area contributed by atoms with Crippen LogP contribution in [0.5, 0.6) is 0 Å². The first-order chi connectivity index (χ1) is 17.9. The first kappa shape index (κ1) is 24.0. The summed E-state index contributed by atoms with van der Waals surface area (Å²) in [4.78, 5) is 18.2. The Morgan fingerprint density at radius 1 is 1.00 bits per heavy atom. The van der Waals surface area contributed by atoms with Crippen LogP contribution in [0.25, 0.3) is 20.8 Å². The highest BCUT2D eigenvalue weighted by Gasteiger charge is 2.40. The first-order valence-corrected chi connectivity index (χ1v) is 14.9. The highest BCUT2D eigenvalue weighted by molar-refractivity contribution is 7.91. The minimum absolute atomic E-state index is 0.157. The van der Waals surface area contributed by atoms with Crippen molar-refractivity contribution in [2.45, 2.75) is 30.1 Å². The minimum atomic E-state index is -3.82. The van der Waals surface area contributed by atoms with Crippen molar-refractivity contribution < 1.29 is 13.2 Å². The average molecular weight is 546 g/mol. The number of nitrogens with one attached hydrogen (secondary N) is 1. The summed E-state index contributed by atoms with van der Waals surface area (Å²) in [6, 6.07) is 23.8. The van der Waals surface area contributed by atoms with Crippen LogP contribution in [0.4, 0.5) is 5.69 Å². The number of anilines is 1. The summed E-state index contributed by atoms with van der Waals surface area (Å²) < 4.78 is 29.6. The van der Waals surface area contributed by atoms with Crippen LogP contribution in [0.3, 0.4) is 0 Å². The molecule has 0 saturated carbocycles. The number of carbonyl (C=O) groups excluding carboxylic acids is 1. The largest absolute Gasteiger partial charge is 0.325 e. The van der Waals surface area contributed by atoms with Gasteiger partial charge in [-0.1, -0.05) is 36.4 Å². The monoisotopic (exact) mass is 545 g/mol. The average Bonchev–Trinajstić information content (AvgIpc) is 3.59. The maximum Gasteiger partial charge on any atom is 0.253 e. The zero-order valence-corrected chi connectivity index (χ0v) is 22.4. The normalized spacial score (nSPS) is 16.0. The number of fused-ring (bicyclic) bond motifs is 2. The third-order valence-corrected chi connectivity index (χ3v) is 10.8. The van der Waals surface area contributed by atoms with E-state index in [0.717, 1.165) is 43.3 Å². The smallest absolute Gasteiger partial charge is 0.253 e. The third kappa shape index (κ3) is 4.59. The van der Waals surface area contributed by atoms with Crippen LogP contribution in [0.15, 0.2) is 88.5 Å². The number of carbonyl (C=O) groups is 1. The van der Waals surface area contributed by atoms with Gasteiger partial charge in [0.2, 0.25) is 5.91 Å². The molecule has 9 heteroatoms. The van der Waals surface area contributed by atoms with Crippen molar-refractivity contribution >= 4 is 54.5 Å². The quantitative estimate of drug-likeness (QED) is 0.290. The molecule has 0 fully saturated rings. The van der Waals surface area contributed by atoms with E-state index in [9.17, 15) is 13.2 Å². The van der Waals surface area contributed by atoms with Gasteiger partial charge in [-0.05, 0) is 77.9 Å². The zero-order chi connectivity index (χ0) is 25.6. The van der Waals surface area contributed by atoms with Gasteiger partial charge in [0.1, 0.15) is 15.3 Å². The second-order valence-corrected chi connectivity index (χ2v) is 13.1. The lowest BCUT2D eigenvalue weighted by Crippen LogP contribution is -2.50. The van der Waals surface area contributed by atoms with Gasteiger partial charge in [0.15, 0.2) is 0 Å². The first-order valence-electron chi connectivity index (χ1n) is 11.8. The zero-order valence-electron chi connectivity index (χ0n) is 19.9. The Kier molecular flexibility index (Phi) is 6.16. The van der Waals surface area contributed by atoms with E-state index in [1.807, 2.05) is 54.6 Å². The number of hydrogen-bond donors (Lipinski definition) is 1. The number of amides is 1. The second-order valence-electron chi connectivity index (χ2n) is 9.03. The van der Waals surface area contributed by atoms with Crippen molar-refractivity contribution in [2.75, 3.05) is 5.32 Å². The van der Waals surface area contributed by atoms with Crippen molar-refractivity contribution in [3.8, 4) is 10.6 Å². The number of benzene rings is 3. The van der Waals surface area contributed by atoms with Crippen molar-refractivity contribution in [3.05, 3.63) is 101 Å². The van der Waals surface area contributed by atoms with Crippen molar-refractivity contribution in [3.63, 3.8) is 0 Å². The van der Waals surface area contributed by atoms with Crippen LogP contribution in [-0.4, -0.2) is 29.7 Å². The molecular weight excluding hydrogens is 523 g/mol. The molecule has 1 amide bonds. The van der Waals surface area contributed by atoms with Gasteiger partial charge in [0, 0.05) is 17.8 Å². The summed E-state index contributed by atoms with van der Waals surface area (Å²) >= 11 is 2.79. The van der Waals surface area contributed by atoms with Crippen LogP contribution in [0.2, 0.25) is 0 Å². The Balaban J connectivity index is 1.26. The number of aromatic nitrogens is 1. The Bertz CT molecular complexity index is 1710. The highest BCUT2D eigenvalue weighted by Crippen LogP contribution is 2.33. The number of thiazole rings is 1. The molecule has 0 bridgehead atoms. The van der Waals surface area contributed by atoms with Crippen molar-refractivity contribution in [1.82, 2.24) is 9.29 Å². The molecule has 3 aromatic carbocycles. The molecule has 1 N–H and O–H groups in total. The summed E-state index contributed by atoms with van der Waals surface area (Å²) in [5, 5.41) is 5.59. The number of thiophene rings is 1. The summed E-state index contributed by atoms with van der Waals surface area (Å²) in [5.41, 5.74) is 5.64. The highest BCUT2D eigenvalue weighted by atomic mass is 32.2. The molecule has 0 aliphatic carbocycles. The predicted molar refractivity (Wildman–Crippen MR) is 149 cm³/mol. The Morgan fingerprint density at radius 3 is 2.54 bits per heavy atom. The number of aryl methyl sites for hydroxylation is 1. The molecule has 0 radical (unpaired) electrons. The number of nitrogens with zero attached hydrogens (tertiary/aromatic N) is 2. The molecular formula is C28H23N3O3S3. The van der Waals surface area contributed by atoms with E-state index in [4.69, 9.17) is 4.98 Å². The van der Waals surface area contributed by atoms with Crippen LogP contribution in [-0.2, 0) is 27.8 Å². The Labute approximate surface area is 223 Å². The van der Waals surface area contributed by atoms with Crippen LogP contribution < -0.4 is 5.32 Å². The lowest BCUT2D eigenvalue weighted by Gasteiger charge is -2.34. The van der Waals surface area contributed by atoms with Crippen molar-refractivity contribution in [1.29, 1.82) is 0 Å². The molecule has 0 unspecified atom stereocenters. The van der Waals surface area contributed by atoms with Gasteiger partial charge in [-0.15, -0.1) is 22.7 Å². The molecule has 1 atom stereocenters. The van der Waals surface area contributed by atoms with Gasteiger partial charge >= 0.3 is 0 Å². The number of hydrogen-bond acceptors (Lipinski definition) is 6. The molecule has 37 heavy (non-hydrogen) atoms. The SMILES string of the molecule is Cc1ccc2nc(-c3ccc(NC(=O)[C@H]4Cc5ccccc5CN4S(=O)(=O)c4cccs4)cc3)sc2c1. The van der Waals surface area contributed by atoms with Crippen LogP contribution in [0.1, 0.15) is 16.7 Å². The Morgan fingerprint density at radius 2 is 1.78 bits per heavy atom. The molecule has 186 valence electrons. The standard InChI is InChI=1S/C28H23N3O3S3/c1-18-8-13-23-25(15-18)36-28(30-23)19-9-11-22(12-10-19)29-27(32)24-16-20-5-2-3-6-21(20)17-31(24)37(33,34)26-7-4-14-35-26/h2-15,24H,16-17H2,1H3,(H,29,32)/t24-/m1/s1. The second kappa shape index (κ2) is 9.50. The number of rotatable bonds is 5. The number of sulfonamides is 1. The molecule has 0 saturated heterocycles. The summed E-state index contributed by atoms with van der Waals surface area (Å²) in [6.45, 7) is 2.22. The summed E-state index contributed by atoms with van der Waals surface area (Å²) in [6.07, 6.45) is 0.315. The fourth-order valence-corrected chi connectivity index (χ4v) is 8.33. The van der Waals surface area contributed by atoms with E-state index < -0.39 is 16.1 Å². The van der Waals surface area contributed by atoms with E-state index in [2.05, 4.69) is 24.4 Å². The van der Waals surface area contributed by atoms with E-state index >= 15 is 0 Å². The predicted octanol–water partition coefficient (Wildman–Crippen LogP) is 6.09. The maximum atomic E-state index is 13.5. The van der Waals surface area contributed by atoms with E-state index in [-0.39, 0.29) is 16.7 Å². The van der Waals surface area contributed by atoms with Gasteiger partial charge in [-0.2, -0.15) is 4.31 Å². The van der Waals surface area contributed by atoms with Gasteiger partial charge in [-0.25, -0.2) is 13.4 Å². The molecule has 2 aromatic heterocycles. The summed E-state index contributed by atoms with van der Waals surface area (Å²) in [7, 11) is -3.82.